The second-order valence-electron chi connectivity index (χ2n) is 7.50. The van der Waals surface area contributed by atoms with Crippen LogP contribution in [-0.2, 0) is 25.0 Å². The van der Waals surface area contributed by atoms with Gasteiger partial charge in [-0.2, -0.15) is 13.2 Å². The number of nitrogens with one attached hydrogen (secondary N) is 2. The molecule has 0 aliphatic heterocycles. The van der Waals surface area contributed by atoms with E-state index >= 15 is 0 Å². The number of alkyl halides is 3. The van der Waals surface area contributed by atoms with Gasteiger partial charge in [-0.1, -0.05) is 19.1 Å². The summed E-state index contributed by atoms with van der Waals surface area (Å²) < 4.78 is 64.4. The predicted molar refractivity (Wildman–Crippen MR) is 118 cm³/mol. The molecular weight excluding hydrogens is 477 g/mol. The maximum Gasteiger partial charge on any atom is 0.490 e. The van der Waals surface area contributed by atoms with Gasteiger partial charge in [-0.3, -0.25) is 9.52 Å². The molecule has 1 fully saturated rings. The quantitative estimate of drug-likeness (QED) is 0.506. The molecule has 2 aromatic rings. The van der Waals surface area contributed by atoms with Gasteiger partial charge < -0.3 is 15.2 Å². The van der Waals surface area contributed by atoms with Crippen molar-refractivity contribution in [3.05, 3.63) is 54.1 Å². The highest BCUT2D eigenvalue weighted by Crippen LogP contribution is 2.48. The molecule has 1 saturated carbocycles. The summed E-state index contributed by atoms with van der Waals surface area (Å²) in [5, 5.41) is 10.1. The summed E-state index contributed by atoms with van der Waals surface area (Å²) in [6, 6.07) is 13.2. The number of carbonyl (C=O) groups excluding carboxylic acids is 1. The van der Waals surface area contributed by atoms with Crippen molar-refractivity contribution in [1.29, 1.82) is 0 Å². The highest BCUT2D eigenvalue weighted by atomic mass is 32.2. The average Bonchev–Trinajstić information content (AvgIpc) is 3.59. The largest absolute Gasteiger partial charge is 0.497 e. The second kappa shape index (κ2) is 10.8. The van der Waals surface area contributed by atoms with Crippen molar-refractivity contribution in [2.24, 2.45) is 0 Å². The molecule has 12 heteroatoms. The molecule has 0 saturated heterocycles. The van der Waals surface area contributed by atoms with E-state index in [9.17, 15) is 26.4 Å². The zero-order chi connectivity index (χ0) is 25.6. The molecule has 8 nitrogen and oxygen atoms in total. The number of ether oxygens (including phenoxy) is 1. The average molecular weight is 503 g/mol. The first-order valence-corrected chi connectivity index (χ1v) is 11.7. The summed E-state index contributed by atoms with van der Waals surface area (Å²) in [4.78, 5) is 21.5. The molecule has 2 aromatic carbocycles. The van der Waals surface area contributed by atoms with Crippen molar-refractivity contribution in [2.45, 2.75) is 42.7 Å². The second-order valence-corrected chi connectivity index (χ2v) is 9.18. The van der Waals surface area contributed by atoms with Crippen LogP contribution in [0.25, 0.3) is 0 Å². The molecule has 34 heavy (non-hydrogen) atoms. The van der Waals surface area contributed by atoms with Crippen LogP contribution in [0.5, 0.6) is 5.75 Å². The number of rotatable bonds is 8. The first-order valence-electron chi connectivity index (χ1n) is 10.2. The van der Waals surface area contributed by atoms with E-state index in [1.807, 2.05) is 19.1 Å². The number of amides is 1. The third kappa shape index (κ3) is 6.86. The number of anilines is 1. The highest BCUT2D eigenvalue weighted by molar-refractivity contribution is 7.92. The first-order chi connectivity index (χ1) is 15.9. The molecule has 0 aromatic heterocycles. The summed E-state index contributed by atoms with van der Waals surface area (Å²) >= 11 is 0. The zero-order valence-electron chi connectivity index (χ0n) is 18.5. The molecule has 0 spiro atoms. The van der Waals surface area contributed by atoms with Crippen molar-refractivity contribution in [3.63, 3.8) is 0 Å². The van der Waals surface area contributed by atoms with Gasteiger partial charge >= 0.3 is 12.1 Å². The lowest BCUT2D eigenvalue weighted by molar-refractivity contribution is -0.192. The van der Waals surface area contributed by atoms with Gasteiger partial charge in [-0.15, -0.1) is 0 Å². The van der Waals surface area contributed by atoms with E-state index in [1.165, 1.54) is 19.2 Å². The normalized spacial score (nSPS) is 14.3. The van der Waals surface area contributed by atoms with E-state index in [0.29, 0.717) is 18.0 Å². The van der Waals surface area contributed by atoms with Crippen LogP contribution in [0.3, 0.4) is 0 Å². The number of carboxylic acid groups (broad SMARTS) is 1. The number of carbonyl (C=O) groups is 2. The summed E-state index contributed by atoms with van der Waals surface area (Å²) in [5.74, 6) is -2.11. The Labute approximate surface area is 195 Å². The number of benzene rings is 2. The van der Waals surface area contributed by atoms with Crippen LogP contribution in [0, 0.1) is 0 Å². The van der Waals surface area contributed by atoms with Crippen molar-refractivity contribution in [3.8, 4) is 5.75 Å². The van der Waals surface area contributed by atoms with Crippen LogP contribution >= 0.6 is 0 Å². The third-order valence-corrected chi connectivity index (χ3v) is 6.42. The molecule has 1 aliphatic carbocycles. The molecule has 3 rings (SSSR count). The van der Waals surface area contributed by atoms with E-state index in [-0.39, 0.29) is 10.8 Å². The maximum absolute atomic E-state index is 12.5. The Hall–Kier alpha value is -3.28. The molecule has 0 radical (unpaired) electrons. The third-order valence-electron chi connectivity index (χ3n) is 5.02. The van der Waals surface area contributed by atoms with Crippen LogP contribution in [0.15, 0.2) is 53.4 Å². The minimum atomic E-state index is -5.08. The number of methoxy groups -OCH3 is 1. The van der Waals surface area contributed by atoms with Gasteiger partial charge in [-0.25, -0.2) is 13.2 Å². The minimum absolute atomic E-state index is 0.0518. The Kier molecular flexibility index (Phi) is 8.54. The van der Waals surface area contributed by atoms with Gasteiger partial charge in [0, 0.05) is 12.2 Å². The predicted octanol–water partition coefficient (Wildman–Crippen LogP) is 3.69. The maximum atomic E-state index is 12.5. The molecule has 0 bridgehead atoms. The lowest BCUT2D eigenvalue weighted by Crippen LogP contribution is -2.35. The van der Waals surface area contributed by atoms with Crippen molar-refractivity contribution < 1.29 is 41.0 Å². The SMILES string of the molecule is CCCNC(=O)C1(c2ccc(NS(=O)(=O)c3ccc(OC)cc3)cc2)CC1.O=C(O)C(F)(F)F. The Morgan fingerprint density at radius 1 is 1.06 bits per heavy atom. The summed E-state index contributed by atoms with van der Waals surface area (Å²) in [6.45, 7) is 2.68. The Morgan fingerprint density at radius 2 is 1.59 bits per heavy atom. The fourth-order valence-electron chi connectivity index (χ4n) is 3.01. The summed E-state index contributed by atoms with van der Waals surface area (Å²) in [7, 11) is -2.16. The van der Waals surface area contributed by atoms with E-state index in [4.69, 9.17) is 14.6 Å². The summed E-state index contributed by atoms with van der Waals surface area (Å²) in [5.41, 5.74) is 0.922. The van der Waals surface area contributed by atoms with Gasteiger partial charge in [0.15, 0.2) is 0 Å². The summed E-state index contributed by atoms with van der Waals surface area (Å²) in [6.07, 6.45) is -2.55. The van der Waals surface area contributed by atoms with Crippen LogP contribution in [0.1, 0.15) is 31.7 Å². The number of hydrogen-bond donors (Lipinski definition) is 3. The molecule has 186 valence electrons. The molecule has 0 atom stereocenters. The lowest BCUT2D eigenvalue weighted by atomic mass is 9.95. The Balaban J connectivity index is 0.000000509. The first kappa shape index (κ1) is 27.0. The number of carboxylic acids is 1. The van der Waals surface area contributed by atoms with Crippen molar-refractivity contribution in [1.82, 2.24) is 5.32 Å². The monoisotopic (exact) mass is 502 g/mol. The van der Waals surface area contributed by atoms with Gasteiger partial charge in [0.1, 0.15) is 5.75 Å². The molecule has 1 aliphatic rings. The molecular formula is C22H25F3N2O6S. The van der Waals surface area contributed by atoms with E-state index in [2.05, 4.69) is 10.0 Å². The fraction of sp³-hybridized carbons (Fsp3) is 0.364. The van der Waals surface area contributed by atoms with Crippen LogP contribution < -0.4 is 14.8 Å². The van der Waals surface area contributed by atoms with E-state index in [0.717, 1.165) is 24.8 Å². The molecule has 1 amide bonds. The number of hydrogen-bond acceptors (Lipinski definition) is 5. The fourth-order valence-corrected chi connectivity index (χ4v) is 4.06. The van der Waals surface area contributed by atoms with Gasteiger partial charge in [0.2, 0.25) is 5.91 Å². The molecule has 3 N–H and O–H groups in total. The van der Waals surface area contributed by atoms with Crippen molar-refractivity contribution in [2.75, 3.05) is 18.4 Å². The standard InChI is InChI=1S/C20H24N2O4S.C2HF3O2/c1-3-14-21-19(23)20(12-13-20)15-4-6-16(7-5-15)22-27(24,25)18-10-8-17(26-2)9-11-18;3-2(4,5)1(6)7/h4-11,22H,3,12-14H2,1-2H3,(H,21,23);(H,6,7). The van der Waals surface area contributed by atoms with Crippen LogP contribution in [-0.4, -0.2) is 45.2 Å². The van der Waals surface area contributed by atoms with Crippen LogP contribution in [0.4, 0.5) is 18.9 Å². The number of sulfonamides is 1. The highest BCUT2D eigenvalue weighted by Gasteiger charge is 2.50. The topological polar surface area (TPSA) is 122 Å². The van der Waals surface area contributed by atoms with E-state index in [1.54, 1.807) is 24.3 Å². The van der Waals surface area contributed by atoms with E-state index < -0.39 is 27.6 Å². The van der Waals surface area contributed by atoms with Gasteiger partial charge in [0.05, 0.1) is 17.4 Å². The molecule has 0 heterocycles. The minimum Gasteiger partial charge on any atom is -0.497 e. The zero-order valence-corrected chi connectivity index (χ0v) is 19.3. The smallest absolute Gasteiger partial charge is 0.490 e. The number of aliphatic carboxylic acids is 1. The Bertz CT molecular complexity index is 1100. The van der Waals surface area contributed by atoms with Gasteiger partial charge in [-0.05, 0) is 61.2 Å². The lowest BCUT2D eigenvalue weighted by Gasteiger charge is -2.16. The van der Waals surface area contributed by atoms with Crippen molar-refractivity contribution >= 4 is 27.6 Å². The Morgan fingerprint density at radius 3 is 2.00 bits per heavy atom. The van der Waals surface area contributed by atoms with Crippen LogP contribution in [0.2, 0.25) is 0 Å². The number of halogens is 3. The van der Waals surface area contributed by atoms with Gasteiger partial charge in [0.25, 0.3) is 10.0 Å². The molecule has 0 unspecified atom stereocenters.